The van der Waals surface area contributed by atoms with Crippen molar-refractivity contribution in [2.75, 3.05) is 0 Å². The molecule has 2 heteroatoms. The maximum absolute atomic E-state index is 3.74. The zero-order valence-corrected chi connectivity index (χ0v) is 31.1. The lowest BCUT2D eigenvalue weighted by molar-refractivity contribution is -0.727. The zero-order chi connectivity index (χ0) is 31.8. The first-order valence-corrected chi connectivity index (χ1v) is 20.8. The molecule has 0 fully saturated rings. The number of imidazole rings is 1. The van der Waals surface area contributed by atoms with E-state index in [0.29, 0.717) is 12.0 Å². The molecular formula is C42H83N2+. The molecule has 260 valence electrons. The van der Waals surface area contributed by atoms with Crippen LogP contribution in [-0.4, -0.2) is 4.98 Å². The molecule has 44 heavy (non-hydrogen) atoms. The summed E-state index contributed by atoms with van der Waals surface area (Å²) in [6.07, 6.45) is 51.7. The Morgan fingerprint density at radius 1 is 0.432 bits per heavy atom. The van der Waals surface area contributed by atoms with Crippen LogP contribution in [0.1, 0.15) is 257 Å². The monoisotopic (exact) mass is 616 g/mol. The summed E-state index contributed by atoms with van der Waals surface area (Å²) in [5.41, 5.74) is 0. The van der Waals surface area contributed by atoms with E-state index in [2.05, 4.69) is 49.6 Å². The molecule has 1 aromatic heterocycles. The van der Waals surface area contributed by atoms with Gasteiger partial charge in [-0.15, -0.1) is 0 Å². The molecule has 1 heterocycles. The summed E-state index contributed by atoms with van der Waals surface area (Å²) in [7, 11) is 0. The Labute approximate surface area is 278 Å². The number of aromatic nitrogens is 2. The molecule has 0 aromatic carbocycles. The predicted octanol–water partition coefficient (Wildman–Crippen LogP) is 14.9. The van der Waals surface area contributed by atoms with Gasteiger partial charge in [0.05, 0.1) is 12.0 Å². The van der Waals surface area contributed by atoms with Crippen molar-refractivity contribution in [3.8, 4) is 0 Å². The van der Waals surface area contributed by atoms with E-state index in [-0.39, 0.29) is 0 Å². The van der Waals surface area contributed by atoms with Crippen molar-refractivity contribution in [3.63, 3.8) is 0 Å². The number of rotatable bonds is 35. The Kier molecular flexibility index (Phi) is 30.1. The molecule has 0 bridgehead atoms. The molecule has 0 aliphatic carbocycles. The second-order valence-electron chi connectivity index (χ2n) is 14.7. The normalized spacial score (nSPS) is 13.1. The second-order valence-corrected chi connectivity index (χ2v) is 14.7. The maximum atomic E-state index is 3.74. The Bertz CT molecular complexity index is 679. The van der Waals surface area contributed by atoms with Gasteiger partial charge in [-0.2, -0.15) is 0 Å². The van der Waals surface area contributed by atoms with Crippen LogP contribution < -0.4 is 4.57 Å². The van der Waals surface area contributed by atoms with Crippen LogP contribution in [0.5, 0.6) is 0 Å². The molecule has 0 radical (unpaired) electrons. The van der Waals surface area contributed by atoms with Crippen molar-refractivity contribution in [3.05, 3.63) is 18.2 Å². The molecule has 0 aliphatic rings. The molecule has 2 nitrogen and oxygen atoms in total. The van der Waals surface area contributed by atoms with Gasteiger partial charge in [-0.1, -0.05) is 207 Å². The lowest BCUT2D eigenvalue weighted by Crippen LogP contribution is -2.41. The van der Waals surface area contributed by atoms with E-state index in [1.54, 1.807) is 0 Å². The van der Waals surface area contributed by atoms with E-state index < -0.39 is 0 Å². The van der Waals surface area contributed by atoms with Gasteiger partial charge < -0.3 is 0 Å². The van der Waals surface area contributed by atoms with Crippen molar-refractivity contribution in [2.45, 2.75) is 252 Å². The fourth-order valence-electron chi connectivity index (χ4n) is 7.31. The fourth-order valence-corrected chi connectivity index (χ4v) is 7.31. The number of nitrogens with zero attached hydrogens (tertiary/aromatic N) is 1. The van der Waals surface area contributed by atoms with Gasteiger partial charge in [-0.05, 0) is 32.6 Å². The summed E-state index contributed by atoms with van der Waals surface area (Å²) in [6.45, 7) is 9.43. The summed E-state index contributed by atoms with van der Waals surface area (Å²) >= 11 is 0. The van der Waals surface area contributed by atoms with Gasteiger partial charge in [-0.25, -0.2) is 9.55 Å². The maximum Gasteiger partial charge on any atom is 0.257 e. The third-order valence-corrected chi connectivity index (χ3v) is 10.4. The van der Waals surface area contributed by atoms with Gasteiger partial charge in [-0.3, -0.25) is 0 Å². The Balaban J connectivity index is 2.26. The molecule has 2 unspecified atom stereocenters. The highest BCUT2D eigenvalue weighted by Gasteiger charge is 2.25. The first-order chi connectivity index (χ1) is 21.7. The van der Waals surface area contributed by atoms with Crippen molar-refractivity contribution < 1.29 is 4.57 Å². The van der Waals surface area contributed by atoms with Crippen LogP contribution >= 0.6 is 0 Å². The average Bonchev–Trinajstić information content (AvgIpc) is 3.53. The fraction of sp³-hybridized carbons (Fsp3) is 0.929. The average molecular weight is 616 g/mol. The Morgan fingerprint density at radius 2 is 0.727 bits per heavy atom. The number of hydrogen-bond acceptors (Lipinski definition) is 0. The second kappa shape index (κ2) is 32.2. The molecule has 0 aliphatic heterocycles. The van der Waals surface area contributed by atoms with Gasteiger partial charge in [0.15, 0.2) is 0 Å². The van der Waals surface area contributed by atoms with Crippen LogP contribution in [0.4, 0.5) is 0 Å². The number of aromatic amines is 1. The van der Waals surface area contributed by atoms with Crippen LogP contribution in [0.3, 0.4) is 0 Å². The Hall–Kier alpha value is -0.790. The van der Waals surface area contributed by atoms with Gasteiger partial charge >= 0.3 is 0 Å². The summed E-state index contributed by atoms with van der Waals surface area (Å²) in [6, 6.07) is 0.619. The van der Waals surface area contributed by atoms with Crippen LogP contribution in [0, 0.1) is 0 Å². The van der Waals surface area contributed by atoms with E-state index in [1.165, 1.54) is 218 Å². The third kappa shape index (κ3) is 23.5. The highest BCUT2D eigenvalue weighted by molar-refractivity contribution is 4.90. The zero-order valence-electron chi connectivity index (χ0n) is 31.1. The van der Waals surface area contributed by atoms with Gasteiger partial charge in [0.25, 0.3) is 5.82 Å². The molecule has 0 saturated heterocycles. The first kappa shape index (κ1) is 41.2. The highest BCUT2D eigenvalue weighted by atomic mass is 15.1. The van der Waals surface area contributed by atoms with Crippen LogP contribution in [0.15, 0.2) is 12.4 Å². The van der Waals surface area contributed by atoms with Gasteiger partial charge in [0, 0.05) is 0 Å². The number of nitrogens with one attached hydrogen (secondary N) is 1. The summed E-state index contributed by atoms with van der Waals surface area (Å²) in [5, 5.41) is 0. The van der Waals surface area contributed by atoms with E-state index in [1.807, 2.05) is 0 Å². The minimum atomic E-state index is 0.619. The van der Waals surface area contributed by atoms with E-state index >= 15 is 0 Å². The topological polar surface area (TPSA) is 19.7 Å². The molecule has 0 saturated carbocycles. The van der Waals surface area contributed by atoms with Crippen molar-refractivity contribution >= 4 is 0 Å². The number of hydrogen-bond donors (Lipinski definition) is 1. The molecule has 1 N–H and O–H groups in total. The Morgan fingerprint density at radius 3 is 1.09 bits per heavy atom. The number of H-pyrrole nitrogens is 1. The number of unbranched alkanes of at least 4 members (excludes halogenated alkanes) is 27. The minimum absolute atomic E-state index is 0.619. The van der Waals surface area contributed by atoms with Crippen molar-refractivity contribution in [1.82, 2.24) is 4.98 Å². The lowest BCUT2D eigenvalue weighted by atomic mass is 9.93. The largest absolute Gasteiger partial charge is 0.257 e. The minimum Gasteiger partial charge on any atom is -0.247 e. The predicted molar refractivity (Wildman–Crippen MR) is 198 cm³/mol. The molecule has 0 spiro atoms. The molecule has 2 atom stereocenters. The highest BCUT2D eigenvalue weighted by Crippen LogP contribution is 2.27. The van der Waals surface area contributed by atoms with Gasteiger partial charge in [0.2, 0.25) is 0 Å². The van der Waals surface area contributed by atoms with Crippen LogP contribution in [0.25, 0.3) is 0 Å². The standard InChI is InChI=1S/C42H82N2/c1-5-8-11-14-16-18-20-22-23-25-27-29-31-34-37-41(36-33-13-10-7-3)42-43-38-39-44(42)40(4)35-32-30-28-26-24-21-19-17-15-12-9-6-2/h38-41H,5-37H2,1-4H3/p+1. The lowest BCUT2D eigenvalue weighted by Gasteiger charge is -2.17. The third-order valence-electron chi connectivity index (χ3n) is 10.4. The smallest absolute Gasteiger partial charge is 0.247 e. The van der Waals surface area contributed by atoms with Crippen LogP contribution in [0.2, 0.25) is 0 Å². The quantitative estimate of drug-likeness (QED) is 0.0579. The van der Waals surface area contributed by atoms with E-state index in [0.717, 1.165) is 0 Å². The van der Waals surface area contributed by atoms with Crippen molar-refractivity contribution in [1.29, 1.82) is 0 Å². The van der Waals surface area contributed by atoms with Gasteiger partial charge in [0.1, 0.15) is 12.4 Å². The molecule has 0 amide bonds. The van der Waals surface area contributed by atoms with Crippen molar-refractivity contribution in [2.24, 2.45) is 0 Å². The molecule has 1 rings (SSSR count). The van der Waals surface area contributed by atoms with E-state index in [4.69, 9.17) is 0 Å². The molecule has 1 aromatic rings. The summed E-state index contributed by atoms with van der Waals surface area (Å²) < 4.78 is 2.63. The molecular weight excluding hydrogens is 532 g/mol. The van der Waals surface area contributed by atoms with Crippen LogP contribution in [-0.2, 0) is 0 Å². The first-order valence-electron chi connectivity index (χ1n) is 20.8. The summed E-state index contributed by atoms with van der Waals surface area (Å²) in [4.78, 5) is 3.74. The SMILES string of the molecule is CCCCCCCCCCCCCCCCC(CCCCCC)c1[nH]cc[n+]1C(C)CCCCCCCCCCCCCC. The van der Waals surface area contributed by atoms with E-state index in [9.17, 15) is 0 Å². The summed E-state index contributed by atoms with van der Waals surface area (Å²) in [5.74, 6) is 2.24.